The molecular weight excluding hydrogens is 140 g/mol. The maximum atomic E-state index is 10.6. The Morgan fingerprint density at radius 3 is 2.00 bits per heavy atom. The maximum Gasteiger partial charge on any atom is 0.157 e. The molecule has 0 fully saturated rings. The van der Waals surface area contributed by atoms with E-state index < -0.39 is 15.1 Å². The lowest BCUT2D eigenvalue weighted by Crippen LogP contribution is -2.19. The summed E-state index contributed by atoms with van der Waals surface area (Å²) in [5.41, 5.74) is 0. The van der Waals surface area contributed by atoms with Gasteiger partial charge in [0, 0.05) is 6.26 Å². The second-order valence-corrected chi connectivity index (χ2v) is 4.18. The van der Waals surface area contributed by atoms with E-state index in [0.717, 1.165) is 6.26 Å². The molecule has 0 N–H and O–H groups in total. The van der Waals surface area contributed by atoms with Crippen LogP contribution in [0.15, 0.2) is 0 Å². The molecule has 3 nitrogen and oxygen atoms in total. The minimum absolute atomic E-state index is 0.363. The molecular formula is C5H10O3S. The maximum absolute atomic E-state index is 10.6. The minimum atomic E-state index is -3.13. The lowest BCUT2D eigenvalue weighted by molar-refractivity contribution is -0.107. The molecule has 0 aliphatic heterocycles. The summed E-state index contributed by atoms with van der Waals surface area (Å²) in [5.74, 6) is 0. The topological polar surface area (TPSA) is 51.2 Å². The molecule has 54 valence electrons. The number of aldehydes is 1. The van der Waals surface area contributed by atoms with E-state index in [2.05, 4.69) is 0 Å². The van der Waals surface area contributed by atoms with E-state index in [1.165, 1.54) is 0 Å². The molecule has 0 saturated carbocycles. The van der Waals surface area contributed by atoms with Gasteiger partial charge in [-0.3, -0.25) is 0 Å². The quantitative estimate of drug-likeness (QED) is 0.532. The third-order valence-corrected chi connectivity index (χ3v) is 2.65. The average molecular weight is 150 g/mol. The van der Waals surface area contributed by atoms with Crippen LogP contribution in [0.5, 0.6) is 0 Å². The van der Waals surface area contributed by atoms with E-state index in [1.807, 2.05) is 0 Å². The normalized spacial score (nSPS) is 14.9. The molecule has 1 unspecified atom stereocenters. The molecule has 0 aromatic rings. The third-order valence-electron chi connectivity index (χ3n) is 1.10. The number of rotatable bonds is 3. The Hall–Kier alpha value is -0.380. The Morgan fingerprint density at radius 1 is 1.56 bits per heavy atom. The van der Waals surface area contributed by atoms with Crippen molar-refractivity contribution >= 4 is 16.1 Å². The summed E-state index contributed by atoms with van der Waals surface area (Å²) in [6, 6.07) is 0. The van der Waals surface area contributed by atoms with Crippen molar-refractivity contribution in [2.24, 2.45) is 0 Å². The zero-order valence-electron chi connectivity index (χ0n) is 5.49. The predicted octanol–water partition coefficient (Wildman–Crippen LogP) is 0.00850. The molecule has 9 heavy (non-hydrogen) atoms. The van der Waals surface area contributed by atoms with Crippen molar-refractivity contribution in [2.45, 2.75) is 18.6 Å². The van der Waals surface area contributed by atoms with Crippen LogP contribution in [0, 0.1) is 0 Å². The predicted molar refractivity (Wildman–Crippen MR) is 35.0 cm³/mol. The van der Waals surface area contributed by atoms with Gasteiger partial charge < -0.3 is 4.79 Å². The van der Waals surface area contributed by atoms with Crippen LogP contribution in [0.3, 0.4) is 0 Å². The molecule has 0 radical (unpaired) electrons. The summed E-state index contributed by atoms with van der Waals surface area (Å²) >= 11 is 0. The summed E-state index contributed by atoms with van der Waals surface area (Å²) in [5, 5.41) is -0.808. The Kier molecular flexibility index (Phi) is 2.84. The number of hydrogen-bond donors (Lipinski definition) is 0. The van der Waals surface area contributed by atoms with Crippen molar-refractivity contribution in [3.05, 3.63) is 0 Å². The smallest absolute Gasteiger partial charge is 0.157 e. The number of hydrogen-bond acceptors (Lipinski definition) is 3. The van der Waals surface area contributed by atoms with Crippen LogP contribution in [0.4, 0.5) is 0 Å². The monoisotopic (exact) mass is 150 g/mol. The first kappa shape index (κ1) is 8.62. The number of carbonyl (C=O) groups is 1. The second-order valence-electron chi connectivity index (χ2n) is 1.91. The van der Waals surface area contributed by atoms with Crippen molar-refractivity contribution in [1.82, 2.24) is 0 Å². The molecule has 0 saturated heterocycles. The largest absolute Gasteiger partial charge is 0.302 e. The van der Waals surface area contributed by atoms with Gasteiger partial charge in [-0.25, -0.2) is 8.42 Å². The molecule has 0 bridgehead atoms. The highest BCUT2D eigenvalue weighted by Crippen LogP contribution is 1.98. The first-order valence-corrected chi connectivity index (χ1v) is 4.62. The summed E-state index contributed by atoms with van der Waals surface area (Å²) in [7, 11) is -3.13. The summed E-state index contributed by atoms with van der Waals surface area (Å²) in [6.07, 6.45) is 1.90. The summed E-state index contributed by atoms with van der Waals surface area (Å²) in [4.78, 5) is 10.0. The highest BCUT2D eigenvalue weighted by atomic mass is 32.2. The van der Waals surface area contributed by atoms with Gasteiger partial charge in [0.15, 0.2) is 9.84 Å². The van der Waals surface area contributed by atoms with Crippen molar-refractivity contribution in [3.63, 3.8) is 0 Å². The van der Waals surface area contributed by atoms with E-state index in [1.54, 1.807) is 6.92 Å². The lowest BCUT2D eigenvalue weighted by atomic mass is 10.4. The van der Waals surface area contributed by atoms with Gasteiger partial charge in [-0.1, -0.05) is 6.92 Å². The van der Waals surface area contributed by atoms with Crippen LogP contribution in [0.2, 0.25) is 0 Å². The van der Waals surface area contributed by atoms with Gasteiger partial charge in [-0.05, 0) is 6.42 Å². The number of sulfone groups is 1. The Morgan fingerprint density at radius 2 is 2.00 bits per heavy atom. The van der Waals surface area contributed by atoms with Crippen LogP contribution in [0.1, 0.15) is 13.3 Å². The van der Waals surface area contributed by atoms with E-state index >= 15 is 0 Å². The molecule has 0 spiro atoms. The highest BCUT2D eigenvalue weighted by molar-refractivity contribution is 7.91. The van der Waals surface area contributed by atoms with E-state index in [9.17, 15) is 13.2 Å². The Bertz CT molecular complexity index is 180. The van der Waals surface area contributed by atoms with Crippen LogP contribution in [-0.2, 0) is 14.6 Å². The van der Waals surface area contributed by atoms with E-state index in [0.29, 0.717) is 12.7 Å². The zero-order chi connectivity index (χ0) is 7.49. The number of carbonyl (C=O) groups excluding carboxylic acids is 1. The van der Waals surface area contributed by atoms with Crippen LogP contribution < -0.4 is 0 Å². The second kappa shape index (κ2) is 2.96. The standard InChI is InChI=1S/C5H10O3S/c1-3-5(4-6)9(2,7)8/h4-5H,3H2,1-2H3. The molecule has 0 amide bonds. The van der Waals surface area contributed by atoms with Gasteiger partial charge in [-0.2, -0.15) is 0 Å². The van der Waals surface area contributed by atoms with Crippen molar-refractivity contribution in [2.75, 3.05) is 6.26 Å². The summed E-state index contributed by atoms with van der Waals surface area (Å²) < 4.78 is 21.1. The fourth-order valence-electron chi connectivity index (χ4n) is 0.500. The molecule has 0 rings (SSSR count). The van der Waals surface area contributed by atoms with Crippen molar-refractivity contribution in [1.29, 1.82) is 0 Å². The van der Waals surface area contributed by atoms with Crippen LogP contribution >= 0.6 is 0 Å². The molecule has 0 aliphatic rings. The van der Waals surface area contributed by atoms with Gasteiger partial charge in [0.2, 0.25) is 0 Å². The SMILES string of the molecule is CCC(C=O)S(C)(=O)=O. The van der Waals surface area contributed by atoms with Gasteiger partial charge >= 0.3 is 0 Å². The molecule has 4 heteroatoms. The van der Waals surface area contributed by atoms with E-state index in [4.69, 9.17) is 0 Å². The fourth-order valence-corrected chi connectivity index (χ4v) is 1.31. The first-order valence-electron chi connectivity index (χ1n) is 2.66. The zero-order valence-corrected chi connectivity index (χ0v) is 6.31. The fraction of sp³-hybridized carbons (Fsp3) is 0.800. The van der Waals surface area contributed by atoms with Gasteiger partial charge in [0.25, 0.3) is 0 Å². The molecule has 0 aromatic heterocycles. The first-order chi connectivity index (χ1) is 4.02. The van der Waals surface area contributed by atoms with Crippen molar-refractivity contribution in [3.8, 4) is 0 Å². The Balaban J connectivity index is 4.32. The van der Waals surface area contributed by atoms with Crippen LogP contribution in [0.25, 0.3) is 0 Å². The summed E-state index contributed by atoms with van der Waals surface area (Å²) in [6.45, 7) is 1.67. The molecule has 0 aromatic carbocycles. The lowest BCUT2D eigenvalue weighted by Gasteiger charge is -2.01. The van der Waals surface area contributed by atoms with Crippen molar-refractivity contribution < 1.29 is 13.2 Å². The van der Waals surface area contributed by atoms with Gasteiger partial charge in [0.05, 0.1) is 0 Å². The molecule has 0 aliphatic carbocycles. The van der Waals surface area contributed by atoms with E-state index in [-0.39, 0.29) is 0 Å². The highest BCUT2D eigenvalue weighted by Gasteiger charge is 2.16. The third kappa shape index (κ3) is 2.60. The van der Waals surface area contributed by atoms with Crippen LogP contribution in [-0.4, -0.2) is 26.2 Å². The Labute approximate surface area is 55.0 Å². The molecule has 0 heterocycles. The van der Waals surface area contributed by atoms with Gasteiger partial charge in [0.1, 0.15) is 11.5 Å². The minimum Gasteiger partial charge on any atom is -0.302 e. The van der Waals surface area contributed by atoms with Gasteiger partial charge in [-0.15, -0.1) is 0 Å². The molecule has 1 atom stereocenters. The average Bonchev–Trinajstić information content (AvgIpc) is 1.65.